The molecule has 1 aliphatic heterocycles. The number of likely N-dealkylation sites (N-methyl/N-ethyl adjacent to an activating group) is 1. The van der Waals surface area contributed by atoms with E-state index < -0.39 is 0 Å². The van der Waals surface area contributed by atoms with Gasteiger partial charge in [-0.15, -0.1) is 0 Å². The molecule has 4 aromatic rings. The Labute approximate surface area is 247 Å². The molecule has 0 atom stereocenters. The number of nitrogens with two attached hydrogens (primary N) is 1. The quantitative estimate of drug-likeness (QED) is 0.196. The van der Waals surface area contributed by atoms with Crippen molar-refractivity contribution in [3.63, 3.8) is 0 Å². The molecule has 0 saturated carbocycles. The number of aryl methyl sites for hydroxylation is 1. The second-order valence-electron chi connectivity index (χ2n) is 10.9. The van der Waals surface area contributed by atoms with Gasteiger partial charge in [0.1, 0.15) is 5.65 Å². The first-order valence-corrected chi connectivity index (χ1v) is 14.2. The molecule has 8 nitrogen and oxygen atoms in total. The molecule has 0 unspecified atom stereocenters. The lowest BCUT2D eigenvalue weighted by molar-refractivity contribution is -0.111. The van der Waals surface area contributed by atoms with Gasteiger partial charge in [-0.05, 0) is 74.3 Å². The number of amides is 1. The van der Waals surface area contributed by atoms with Crippen LogP contribution in [0.5, 0.6) is 0 Å². The number of anilines is 2. The van der Waals surface area contributed by atoms with Crippen LogP contribution in [0, 0.1) is 13.8 Å². The second kappa shape index (κ2) is 12.0. The van der Waals surface area contributed by atoms with E-state index in [4.69, 9.17) is 10.7 Å². The molecular weight excluding hydrogens is 522 g/mol. The van der Waals surface area contributed by atoms with E-state index >= 15 is 0 Å². The zero-order chi connectivity index (χ0) is 30.0. The highest BCUT2D eigenvalue weighted by molar-refractivity contribution is 6.13. The fourth-order valence-corrected chi connectivity index (χ4v) is 5.64. The maximum atomic E-state index is 12.3. The van der Waals surface area contributed by atoms with E-state index in [2.05, 4.69) is 75.1 Å². The number of aromatic nitrogens is 2. The predicted molar refractivity (Wildman–Crippen MR) is 176 cm³/mol. The third-order valence-electron chi connectivity index (χ3n) is 8.05. The van der Waals surface area contributed by atoms with Crippen molar-refractivity contribution in [3.05, 3.63) is 83.7 Å². The highest BCUT2D eigenvalue weighted by Crippen LogP contribution is 2.42. The summed E-state index contributed by atoms with van der Waals surface area (Å²) in [7, 11) is 3.90. The van der Waals surface area contributed by atoms with Crippen molar-refractivity contribution in [2.24, 2.45) is 10.7 Å². The first-order valence-electron chi connectivity index (χ1n) is 14.2. The molecule has 1 fully saturated rings. The van der Waals surface area contributed by atoms with Crippen LogP contribution in [-0.2, 0) is 4.79 Å². The van der Waals surface area contributed by atoms with Crippen LogP contribution in [0.25, 0.3) is 39.0 Å². The van der Waals surface area contributed by atoms with E-state index in [1.54, 1.807) is 13.3 Å². The summed E-state index contributed by atoms with van der Waals surface area (Å²) in [5, 5.41) is 3.97. The molecule has 5 rings (SSSR count). The highest BCUT2D eigenvalue weighted by Gasteiger charge is 2.22. The van der Waals surface area contributed by atoms with Crippen molar-refractivity contribution < 1.29 is 4.79 Å². The number of benzene rings is 2. The lowest BCUT2D eigenvalue weighted by atomic mass is 9.92. The first kappa shape index (κ1) is 28.8. The number of carbonyl (C=O) groups is 1. The van der Waals surface area contributed by atoms with Crippen LogP contribution in [-0.4, -0.2) is 67.3 Å². The van der Waals surface area contributed by atoms with Crippen LogP contribution < -0.4 is 16.0 Å². The van der Waals surface area contributed by atoms with Gasteiger partial charge in [-0.3, -0.25) is 9.79 Å². The highest BCUT2D eigenvalue weighted by atomic mass is 16.1. The van der Waals surface area contributed by atoms with Crippen molar-refractivity contribution in [2.75, 3.05) is 50.5 Å². The Morgan fingerprint density at radius 3 is 2.48 bits per heavy atom. The standard InChI is InChI=1S/C34H39N7O/c1-7-30(42)38-32-21(2)8-13-27(22(32)3)31-28-18-25(29(20-36-5)23(4)35)19-37-34(28)39-33(31)24-9-11-26(12-10-24)41-16-14-40(6)15-17-41/h7-13,18-20H,1,14-17,35H2,2-6H3,(H,37,39)(H,38,42)/b29-23+,36-20?. The Balaban J connectivity index is 1.71. The largest absolute Gasteiger partial charge is 0.402 e. The van der Waals surface area contributed by atoms with Crippen LogP contribution in [0.1, 0.15) is 23.6 Å². The molecule has 42 heavy (non-hydrogen) atoms. The molecule has 0 bridgehead atoms. The van der Waals surface area contributed by atoms with Gasteiger partial charge in [0, 0.05) is 84.8 Å². The van der Waals surface area contributed by atoms with E-state index in [-0.39, 0.29) is 5.91 Å². The summed E-state index contributed by atoms with van der Waals surface area (Å²) in [5.41, 5.74) is 17.4. The average Bonchev–Trinajstić information content (AvgIpc) is 3.36. The Hall–Kier alpha value is -4.69. The van der Waals surface area contributed by atoms with E-state index in [1.165, 1.54) is 11.8 Å². The van der Waals surface area contributed by atoms with Crippen molar-refractivity contribution >= 4 is 40.1 Å². The number of aromatic amines is 1. The minimum Gasteiger partial charge on any atom is -0.402 e. The Morgan fingerprint density at radius 2 is 1.83 bits per heavy atom. The molecule has 216 valence electrons. The smallest absolute Gasteiger partial charge is 0.247 e. The minimum atomic E-state index is -0.243. The van der Waals surface area contributed by atoms with E-state index in [0.717, 1.165) is 87.5 Å². The molecule has 2 aromatic heterocycles. The zero-order valence-electron chi connectivity index (χ0n) is 25.1. The lowest BCUT2D eigenvalue weighted by Crippen LogP contribution is -2.44. The topological polar surface area (TPSA) is 103 Å². The van der Waals surface area contributed by atoms with Gasteiger partial charge >= 0.3 is 0 Å². The summed E-state index contributed by atoms with van der Waals surface area (Å²) >= 11 is 0. The normalized spacial score (nSPS) is 14.8. The fourth-order valence-electron chi connectivity index (χ4n) is 5.64. The van der Waals surface area contributed by atoms with Crippen molar-refractivity contribution in [1.82, 2.24) is 14.9 Å². The molecule has 0 aliphatic carbocycles. The number of hydrogen-bond acceptors (Lipinski definition) is 6. The molecule has 2 aromatic carbocycles. The lowest BCUT2D eigenvalue weighted by Gasteiger charge is -2.34. The molecule has 1 amide bonds. The molecule has 4 N–H and O–H groups in total. The number of allylic oxidation sites excluding steroid dienone is 2. The van der Waals surface area contributed by atoms with E-state index in [9.17, 15) is 4.79 Å². The second-order valence-corrected chi connectivity index (χ2v) is 10.9. The summed E-state index contributed by atoms with van der Waals surface area (Å²) in [6.07, 6.45) is 4.88. The number of aliphatic imine (C=N–C) groups is 1. The number of hydrogen-bond donors (Lipinski definition) is 3. The Morgan fingerprint density at radius 1 is 1.12 bits per heavy atom. The summed E-state index contributed by atoms with van der Waals surface area (Å²) in [4.78, 5) is 29.8. The Bertz CT molecular complexity index is 1700. The van der Waals surface area contributed by atoms with Gasteiger partial charge in [-0.1, -0.05) is 30.8 Å². The summed E-state index contributed by atoms with van der Waals surface area (Å²) in [6, 6.07) is 15.0. The van der Waals surface area contributed by atoms with Crippen LogP contribution in [0.4, 0.5) is 11.4 Å². The van der Waals surface area contributed by atoms with Crippen molar-refractivity contribution in [2.45, 2.75) is 20.8 Å². The molecule has 0 spiro atoms. The number of H-pyrrole nitrogens is 1. The zero-order valence-corrected chi connectivity index (χ0v) is 25.1. The monoisotopic (exact) mass is 561 g/mol. The first-order chi connectivity index (χ1) is 20.2. The predicted octanol–water partition coefficient (Wildman–Crippen LogP) is 5.78. The summed E-state index contributed by atoms with van der Waals surface area (Å²) in [5.74, 6) is -0.243. The average molecular weight is 562 g/mol. The summed E-state index contributed by atoms with van der Waals surface area (Å²) in [6.45, 7) is 13.7. The number of rotatable bonds is 7. The number of carbonyl (C=O) groups excluding carboxylic acids is 1. The molecule has 3 heterocycles. The molecule has 8 heteroatoms. The van der Waals surface area contributed by atoms with Crippen LogP contribution in [0.3, 0.4) is 0 Å². The molecular formula is C34H39N7O. The van der Waals surface area contributed by atoms with Gasteiger partial charge < -0.3 is 25.8 Å². The van der Waals surface area contributed by atoms with Crippen molar-refractivity contribution in [1.29, 1.82) is 0 Å². The van der Waals surface area contributed by atoms with Gasteiger partial charge in [0.15, 0.2) is 0 Å². The molecule has 1 saturated heterocycles. The third kappa shape index (κ3) is 5.58. The van der Waals surface area contributed by atoms with Gasteiger partial charge in [-0.2, -0.15) is 0 Å². The van der Waals surface area contributed by atoms with Crippen molar-refractivity contribution in [3.8, 4) is 22.4 Å². The van der Waals surface area contributed by atoms with E-state index in [0.29, 0.717) is 5.70 Å². The number of nitrogens with one attached hydrogen (secondary N) is 2. The van der Waals surface area contributed by atoms with Crippen LogP contribution in [0.2, 0.25) is 0 Å². The number of piperazine rings is 1. The number of pyridine rings is 1. The van der Waals surface area contributed by atoms with E-state index in [1.807, 2.05) is 33.0 Å². The van der Waals surface area contributed by atoms with Gasteiger partial charge in [0.05, 0.1) is 5.69 Å². The maximum absolute atomic E-state index is 12.3. The third-order valence-corrected chi connectivity index (χ3v) is 8.05. The number of nitrogens with zero attached hydrogens (tertiary/aromatic N) is 4. The SMILES string of the molecule is C=CC(=O)Nc1c(C)ccc(-c2c(-c3ccc(N4CCN(C)CC4)cc3)[nH]c3ncc(/C(C=NC)=C(\C)N)cc23)c1C. The van der Waals surface area contributed by atoms with Crippen LogP contribution in [0.15, 0.2) is 72.0 Å². The van der Waals surface area contributed by atoms with Crippen LogP contribution >= 0.6 is 0 Å². The Kier molecular flexibility index (Phi) is 8.27. The summed E-state index contributed by atoms with van der Waals surface area (Å²) < 4.78 is 0. The molecule has 0 radical (unpaired) electrons. The molecule has 1 aliphatic rings. The number of fused-ring (bicyclic) bond motifs is 1. The van der Waals surface area contributed by atoms with Gasteiger partial charge in [0.25, 0.3) is 0 Å². The van der Waals surface area contributed by atoms with Gasteiger partial charge in [-0.25, -0.2) is 4.98 Å². The maximum Gasteiger partial charge on any atom is 0.247 e. The minimum absolute atomic E-state index is 0.243. The fraction of sp³-hybridized carbons (Fsp3) is 0.265. The van der Waals surface area contributed by atoms with Gasteiger partial charge in [0.2, 0.25) is 5.91 Å².